The number of hydrogen-bond acceptors (Lipinski definition) is 2. The Kier molecular flexibility index (Phi) is 4.20. The highest BCUT2D eigenvalue weighted by Crippen LogP contribution is 2.36. The normalized spacial score (nSPS) is 13.4. The molecule has 1 heterocycles. The summed E-state index contributed by atoms with van der Waals surface area (Å²) in [5.41, 5.74) is 6.61. The summed E-state index contributed by atoms with van der Waals surface area (Å²) in [4.78, 5) is 12.0. The molecule has 2 aromatic rings. The van der Waals surface area contributed by atoms with Gasteiger partial charge in [-0.05, 0) is 54.4 Å². The Morgan fingerprint density at radius 1 is 1.24 bits per heavy atom. The van der Waals surface area contributed by atoms with Crippen molar-refractivity contribution in [3.05, 3.63) is 47.3 Å². The van der Waals surface area contributed by atoms with Crippen molar-refractivity contribution in [3.63, 3.8) is 0 Å². The van der Waals surface area contributed by atoms with Gasteiger partial charge in [0.05, 0.1) is 0 Å². The minimum atomic E-state index is 0.122. The number of carbonyl (C=O) groups is 1. The van der Waals surface area contributed by atoms with Crippen LogP contribution in [0.3, 0.4) is 0 Å². The van der Waals surface area contributed by atoms with E-state index in [0.29, 0.717) is 0 Å². The molecule has 0 aliphatic heterocycles. The van der Waals surface area contributed by atoms with Crippen molar-refractivity contribution in [3.8, 4) is 11.1 Å². The van der Waals surface area contributed by atoms with Gasteiger partial charge in [-0.15, -0.1) is 0 Å². The van der Waals surface area contributed by atoms with Crippen molar-refractivity contribution >= 4 is 17.7 Å². The van der Waals surface area contributed by atoms with E-state index < -0.39 is 0 Å². The molecule has 0 fully saturated rings. The summed E-state index contributed by atoms with van der Waals surface area (Å²) < 4.78 is 1.88. The minimum absolute atomic E-state index is 0.122. The first-order valence-corrected chi connectivity index (χ1v) is 8.93. The summed E-state index contributed by atoms with van der Waals surface area (Å²) in [6.45, 7) is 1.66. The molecule has 3 heteroatoms. The van der Waals surface area contributed by atoms with Crippen LogP contribution in [0, 0.1) is 0 Å². The van der Waals surface area contributed by atoms with Gasteiger partial charge >= 0.3 is 0 Å². The van der Waals surface area contributed by atoms with Crippen molar-refractivity contribution in [2.24, 2.45) is 0 Å². The lowest BCUT2D eigenvalue weighted by molar-refractivity contribution is 0.0934. The van der Waals surface area contributed by atoms with Crippen LogP contribution in [-0.2, 0) is 19.3 Å². The quantitative estimate of drug-likeness (QED) is 0.847. The zero-order valence-corrected chi connectivity index (χ0v) is 13.5. The van der Waals surface area contributed by atoms with Gasteiger partial charge < -0.3 is 0 Å². The Labute approximate surface area is 130 Å². The summed E-state index contributed by atoms with van der Waals surface area (Å²) in [7, 11) is 0. The van der Waals surface area contributed by atoms with Crippen LogP contribution in [0.25, 0.3) is 11.1 Å². The second kappa shape index (κ2) is 6.10. The minimum Gasteiger partial charge on any atom is -0.291 e. The van der Waals surface area contributed by atoms with Gasteiger partial charge in [0.2, 0.25) is 5.91 Å². The van der Waals surface area contributed by atoms with E-state index in [9.17, 15) is 4.79 Å². The SMILES string of the molecule is CSCCc1c2c(cn1C(C)=O)CCCc1ccccc1-2. The van der Waals surface area contributed by atoms with E-state index in [-0.39, 0.29) is 5.91 Å². The lowest BCUT2D eigenvalue weighted by Crippen LogP contribution is -2.10. The maximum absolute atomic E-state index is 12.0. The summed E-state index contributed by atoms with van der Waals surface area (Å²) >= 11 is 1.83. The van der Waals surface area contributed by atoms with E-state index in [1.165, 1.54) is 27.9 Å². The molecule has 1 aromatic carbocycles. The molecule has 21 heavy (non-hydrogen) atoms. The maximum Gasteiger partial charge on any atom is 0.227 e. The van der Waals surface area contributed by atoms with Gasteiger partial charge in [-0.3, -0.25) is 9.36 Å². The van der Waals surface area contributed by atoms with Crippen LogP contribution < -0.4 is 0 Å². The first-order valence-electron chi connectivity index (χ1n) is 7.53. The molecule has 0 bridgehead atoms. The Morgan fingerprint density at radius 2 is 2.00 bits per heavy atom. The predicted octanol–water partition coefficient (Wildman–Crippen LogP) is 4.21. The molecule has 0 amide bonds. The number of benzene rings is 1. The average Bonchev–Trinajstić information content (AvgIpc) is 2.74. The molecule has 3 rings (SSSR count). The predicted molar refractivity (Wildman–Crippen MR) is 90.3 cm³/mol. The molecule has 0 unspecified atom stereocenters. The lowest BCUT2D eigenvalue weighted by Gasteiger charge is -2.11. The molecular formula is C18H21NOS. The molecule has 0 radical (unpaired) electrons. The molecule has 2 nitrogen and oxygen atoms in total. The Hall–Kier alpha value is -1.48. The second-order valence-corrected chi connectivity index (χ2v) is 6.60. The standard InChI is InChI=1S/C18H21NOS/c1-13(20)19-12-15-8-5-7-14-6-3-4-9-16(14)18(15)17(19)10-11-21-2/h3-4,6,9,12H,5,7-8,10-11H2,1-2H3. The highest BCUT2D eigenvalue weighted by molar-refractivity contribution is 7.98. The van der Waals surface area contributed by atoms with Crippen LogP contribution in [0.1, 0.15) is 35.0 Å². The van der Waals surface area contributed by atoms with E-state index in [2.05, 4.69) is 36.7 Å². The fraction of sp³-hybridized carbons (Fsp3) is 0.389. The molecule has 0 N–H and O–H groups in total. The van der Waals surface area contributed by atoms with Gasteiger partial charge in [-0.2, -0.15) is 11.8 Å². The molecule has 0 saturated heterocycles. The van der Waals surface area contributed by atoms with Crippen LogP contribution in [0.15, 0.2) is 30.5 Å². The Balaban J connectivity index is 2.21. The fourth-order valence-electron chi connectivity index (χ4n) is 3.30. The molecule has 1 aromatic heterocycles. The van der Waals surface area contributed by atoms with Gasteiger partial charge in [0.25, 0.3) is 0 Å². The number of aryl methyl sites for hydroxylation is 2. The topological polar surface area (TPSA) is 22.0 Å². The highest BCUT2D eigenvalue weighted by Gasteiger charge is 2.22. The summed E-state index contributed by atoms with van der Waals surface area (Å²) in [6.07, 6.45) is 8.50. The van der Waals surface area contributed by atoms with Crippen molar-refractivity contribution in [2.75, 3.05) is 12.0 Å². The van der Waals surface area contributed by atoms with E-state index in [0.717, 1.165) is 31.4 Å². The van der Waals surface area contributed by atoms with E-state index in [1.54, 1.807) is 6.92 Å². The lowest BCUT2D eigenvalue weighted by atomic mass is 9.97. The van der Waals surface area contributed by atoms with Crippen LogP contribution in [0.5, 0.6) is 0 Å². The largest absolute Gasteiger partial charge is 0.291 e. The van der Waals surface area contributed by atoms with Gasteiger partial charge in [0.15, 0.2) is 0 Å². The van der Waals surface area contributed by atoms with E-state index in [1.807, 2.05) is 16.3 Å². The van der Waals surface area contributed by atoms with Gasteiger partial charge in [-0.25, -0.2) is 0 Å². The van der Waals surface area contributed by atoms with E-state index in [4.69, 9.17) is 0 Å². The number of fused-ring (bicyclic) bond motifs is 3. The number of aromatic nitrogens is 1. The van der Waals surface area contributed by atoms with Gasteiger partial charge in [0, 0.05) is 24.4 Å². The van der Waals surface area contributed by atoms with Crippen LogP contribution >= 0.6 is 11.8 Å². The zero-order chi connectivity index (χ0) is 14.8. The molecule has 0 spiro atoms. The number of nitrogens with zero attached hydrogens (tertiary/aromatic N) is 1. The molecule has 1 aliphatic rings. The van der Waals surface area contributed by atoms with Crippen molar-refractivity contribution < 1.29 is 4.79 Å². The smallest absolute Gasteiger partial charge is 0.227 e. The van der Waals surface area contributed by atoms with Crippen molar-refractivity contribution in [2.45, 2.75) is 32.6 Å². The van der Waals surface area contributed by atoms with Gasteiger partial charge in [-0.1, -0.05) is 24.3 Å². The third kappa shape index (κ3) is 2.67. The number of rotatable bonds is 3. The molecule has 1 aliphatic carbocycles. The molecular weight excluding hydrogens is 278 g/mol. The monoisotopic (exact) mass is 299 g/mol. The summed E-state index contributed by atoms with van der Waals surface area (Å²) in [5, 5.41) is 0. The molecule has 0 saturated carbocycles. The van der Waals surface area contributed by atoms with Crippen molar-refractivity contribution in [1.82, 2.24) is 4.57 Å². The zero-order valence-electron chi connectivity index (χ0n) is 12.7. The van der Waals surface area contributed by atoms with Crippen LogP contribution in [0.4, 0.5) is 0 Å². The first-order chi connectivity index (χ1) is 10.2. The maximum atomic E-state index is 12.0. The summed E-state index contributed by atoms with van der Waals surface area (Å²) in [5.74, 6) is 1.17. The summed E-state index contributed by atoms with van der Waals surface area (Å²) in [6, 6.07) is 8.67. The van der Waals surface area contributed by atoms with Gasteiger partial charge in [0.1, 0.15) is 0 Å². The average molecular weight is 299 g/mol. The van der Waals surface area contributed by atoms with Crippen LogP contribution in [0.2, 0.25) is 0 Å². The number of hydrogen-bond donors (Lipinski definition) is 0. The fourth-order valence-corrected chi connectivity index (χ4v) is 3.70. The Bertz CT molecular complexity index is 672. The second-order valence-electron chi connectivity index (χ2n) is 5.62. The molecule has 0 atom stereocenters. The van der Waals surface area contributed by atoms with Crippen molar-refractivity contribution in [1.29, 1.82) is 0 Å². The first kappa shape index (κ1) is 14.5. The third-order valence-electron chi connectivity index (χ3n) is 4.25. The van der Waals surface area contributed by atoms with Crippen LogP contribution in [-0.4, -0.2) is 22.5 Å². The Morgan fingerprint density at radius 3 is 2.76 bits per heavy atom. The molecule has 110 valence electrons. The van der Waals surface area contributed by atoms with E-state index >= 15 is 0 Å². The third-order valence-corrected chi connectivity index (χ3v) is 4.86. The number of carbonyl (C=O) groups excluding carboxylic acids is 1. The highest BCUT2D eigenvalue weighted by atomic mass is 32.2. The number of thioether (sulfide) groups is 1.